The van der Waals surface area contributed by atoms with E-state index in [0.29, 0.717) is 17.8 Å². The highest BCUT2D eigenvalue weighted by atomic mass is 16.5. The molecule has 21 heavy (non-hydrogen) atoms. The summed E-state index contributed by atoms with van der Waals surface area (Å²) in [5.41, 5.74) is 8.80. The number of aryl methyl sites for hydroxylation is 2. The first-order valence-electron chi connectivity index (χ1n) is 6.69. The molecule has 1 heterocycles. The fraction of sp³-hybridized carbons (Fsp3) is 0.188. The molecule has 108 valence electrons. The third-order valence-electron chi connectivity index (χ3n) is 3.47. The van der Waals surface area contributed by atoms with Gasteiger partial charge in [0.1, 0.15) is 5.75 Å². The van der Waals surface area contributed by atoms with E-state index in [2.05, 4.69) is 0 Å². The molecule has 0 aliphatic heterocycles. The predicted octanol–water partition coefficient (Wildman–Crippen LogP) is 2.43. The van der Waals surface area contributed by atoms with Crippen molar-refractivity contribution in [2.45, 2.75) is 13.0 Å². The minimum Gasteiger partial charge on any atom is -0.497 e. The van der Waals surface area contributed by atoms with E-state index in [-0.39, 0.29) is 5.76 Å². The average molecular weight is 284 g/mol. The first kappa shape index (κ1) is 13.3. The minimum absolute atomic E-state index is 0.357. The van der Waals surface area contributed by atoms with Gasteiger partial charge in [0.25, 0.3) is 0 Å². The Kier molecular flexibility index (Phi) is 3.39. The topological polar surface area (TPSA) is 70.4 Å². The molecule has 0 fully saturated rings. The number of oxazole rings is 1. The molecule has 0 saturated carbocycles. The summed E-state index contributed by atoms with van der Waals surface area (Å²) in [5.74, 6) is 0.460. The van der Waals surface area contributed by atoms with E-state index in [0.717, 1.165) is 23.3 Å². The summed E-state index contributed by atoms with van der Waals surface area (Å²) < 4.78 is 11.9. The van der Waals surface area contributed by atoms with Crippen LogP contribution in [0, 0.1) is 0 Å². The summed E-state index contributed by atoms with van der Waals surface area (Å²) in [5, 5.41) is 0. The van der Waals surface area contributed by atoms with Crippen molar-refractivity contribution < 1.29 is 9.15 Å². The van der Waals surface area contributed by atoms with Gasteiger partial charge in [-0.2, -0.15) is 0 Å². The molecule has 1 aromatic heterocycles. The Balaban J connectivity index is 1.85. The zero-order valence-corrected chi connectivity index (χ0v) is 11.7. The lowest BCUT2D eigenvalue weighted by atomic mass is 10.1. The predicted molar refractivity (Wildman–Crippen MR) is 81.6 cm³/mol. The second-order valence-electron chi connectivity index (χ2n) is 4.84. The Bertz CT molecular complexity index is 816. The van der Waals surface area contributed by atoms with Crippen molar-refractivity contribution in [2.24, 2.45) is 0 Å². The number of nitrogen functional groups attached to an aromatic ring is 1. The van der Waals surface area contributed by atoms with Gasteiger partial charge in [0, 0.05) is 12.2 Å². The highest BCUT2D eigenvalue weighted by molar-refractivity contribution is 5.76. The minimum atomic E-state index is -0.357. The van der Waals surface area contributed by atoms with Crippen LogP contribution in [0.4, 0.5) is 5.69 Å². The van der Waals surface area contributed by atoms with Crippen molar-refractivity contribution in [3.63, 3.8) is 0 Å². The number of aromatic nitrogens is 1. The molecule has 3 aromatic rings. The Hall–Kier alpha value is -2.69. The number of nitrogens with two attached hydrogens (primary N) is 1. The maximum atomic E-state index is 11.9. The van der Waals surface area contributed by atoms with Gasteiger partial charge in [0.05, 0.1) is 12.6 Å². The number of rotatable bonds is 4. The molecule has 0 unspecified atom stereocenters. The molecular weight excluding hydrogens is 268 g/mol. The van der Waals surface area contributed by atoms with Crippen LogP contribution in [0.15, 0.2) is 51.7 Å². The molecule has 2 N–H and O–H groups in total. The van der Waals surface area contributed by atoms with E-state index in [1.807, 2.05) is 24.3 Å². The number of ether oxygens (including phenoxy) is 1. The molecule has 0 saturated heterocycles. The standard InChI is InChI=1S/C16H16N2O3/c1-20-13-5-2-11(3-6-13)8-9-18-14-10-12(17)4-7-15(14)21-16(18)19/h2-7,10H,8-9,17H2,1H3. The van der Waals surface area contributed by atoms with Crippen LogP contribution in [0.2, 0.25) is 0 Å². The Labute approximate surface area is 121 Å². The molecule has 0 amide bonds. The van der Waals surface area contributed by atoms with Crippen LogP contribution >= 0.6 is 0 Å². The molecule has 0 atom stereocenters. The van der Waals surface area contributed by atoms with E-state index in [4.69, 9.17) is 14.9 Å². The van der Waals surface area contributed by atoms with Gasteiger partial charge in [-0.25, -0.2) is 4.79 Å². The van der Waals surface area contributed by atoms with Gasteiger partial charge in [-0.05, 0) is 42.3 Å². The van der Waals surface area contributed by atoms with E-state index >= 15 is 0 Å². The van der Waals surface area contributed by atoms with Crippen LogP contribution in [0.1, 0.15) is 5.56 Å². The third kappa shape index (κ3) is 2.63. The lowest BCUT2D eigenvalue weighted by Crippen LogP contribution is -2.15. The number of hydrogen-bond donors (Lipinski definition) is 1. The van der Waals surface area contributed by atoms with E-state index in [1.54, 1.807) is 29.9 Å². The van der Waals surface area contributed by atoms with E-state index in [1.165, 1.54) is 0 Å². The zero-order valence-electron chi connectivity index (χ0n) is 11.7. The Morgan fingerprint density at radius 2 is 1.95 bits per heavy atom. The van der Waals surface area contributed by atoms with Crippen molar-refractivity contribution in [1.29, 1.82) is 0 Å². The Morgan fingerprint density at radius 3 is 2.67 bits per heavy atom. The molecule has 3 rings (SSSR count). The van der Waals surface area contributed by atoms with Crippen LogP contribution < -0.4 is 16.2 Å². The molecule has 5 nitrogen and oxygen atoms in total. The van der Waals surface area contributed by atoms with E-state index < -0.39 is 0 Å². The highest BCUT2D eigenvalue weighted by Crippen LogP contribution is 2.17. The van der Waals surface area contributed by atoms with Gasteiger partial charge < -0.3 is 14.9 Å². The summed E-state index contributed by atoms with van der Waals surface area (Å²) in [6.45, 7) is 0.543. The number of nitrogens with zero attached hydrogens (tertiary/aromatic N) is 1. The van der Waals surface area contributed by atoms with Crippen LogP contribution in [0.3, 0.4) is 0 Å². The van der Waals surface area contributed by atoms with Crippen LogP contribution in [-0.2, 0) is 13.0 Å². The van der Waals surface area contributed by atoms with Gasteiger partial charge in [-0.1, -0.05) is 12.1 Å². The monoisotopic (exact) mass is 284 g/mol. The van der Waals surface area contributed by atoms with Gasteiger partial charge >= 0.3 is 5.76 Å². The number of methoxy groups -OCH3 is 1. The van der Waals surface area contributed by atoms with Crippen LogP contribution in [0.25, 0.3) is 11.1 Å². The first-order chi connectivity index (χ1) is 10.2. The normalized spacial score (nSPS) is 10.9. The Morgan fingerprint density at radius 1 is 1.19 bits per heavy atom. The maximum absolute atomic E-state index is 11.9. The zero-order chi connectivity index (χ0) is 14.8. The van der Waals surface area contributed by atoms with Crippen molar-refractivity contribution >= 4 is 16.8 Å². The van der Waals surface area contributed by atoms with Crippen molar-refractivity contribution in [3.05, 3.63) is 58.6 Å². The molecule has 0 radical (unpaired) electrons. The lowest BCUT2D eigenvalue weighted by molar-refractivity contribution is 0.414. The average Bonchev–Trinajstić information content (AvgIpc) is 2.80. The van der Waals surface area contributed by atoms with Crippen LogP contribution in [0.5, 0.6) is 5.75 Å². The molecule has 0 aliphatic rings. The molecular formula is C16H16N2O3. The number of benzene rings is 2. The molecule has 2 aromatic carbocycles. The quantitative estimate of drug-likeness (QED) is 0.747. The number of fused-ring (bicyclic) bond motifs is 1. The smallest absolute Gasteiger partial charge is 0.419 e. The van der Waals surface area contributed by atoms with Crippen molar-refractivity contribution in [3.8, 4) is 5.75 Å². The molecule has 0 bridgehead atoms. The van der Waals surface area contributed by atoms with Crippen molar-refractivity contribution in [1.82, 2.24) is 4.57 Å². The fourth-order valence-corrected chi connectivity index (χ4v) is 2.32. The summed E-state index contributed by atoms with van der Waals surface area (Å²) in [6.07, 6.45) is 0.729. The lowest BCUT2D eigenvalue weighted by Gasteiger charge is -2.05. The highest BCUT2D eigenvalue weighted by Gasteiger charge is 2.09. The molecule has 0 aliphatic carbocycles. The number of anilines is 1. The largest absolute Gasteiger partial charge is 0.497 e. The summed E-state index contributed by atoms with van der Waals surface area (Å²) in [4.78, 5) is 11.9. The second kappa shape index (κ2) is 5.36. The van der Waals surface area contributed by atoms with Gasteiger partial charge in [0.2, 0.25) is 0 Å². The van der Waals surface area contributed by atoms with Gasteiger partial charge in [0.15, 0.2) is 5.58 Å². The molecule has 0 spiro atoms. The summed E-state index contributed by atoms with van der Waals surface area (Å²) >= 11 is 0. The van der Waals surface area contributed by atoms with Gasteiger partial charge in [-0.3, -0.25) is 4.57 Å². The summed E-state index contributed by atoms with van der Waals surface area (Å²) in [6, 6.07) is 13.0. The van der Waals surface area contributed by atoms with E-state index in [9.17, 15) is 4.79 Å². The maximum Gasteiger partial charge on any atom is 0.419 e. The van der Waals surface area contributed by atoms with Crippen molar-refractivity contribution in [2.75, 3.05) is 12.8 Å². The third-order valence-corrected chi connectivity index (χ3v) is 3.47. The summed E-state index contributed by atoms with van der Waals surface area (Å²) in [7, 11) is 1.64. The van der Waals surface area contributed by atoms with Crippen LogP contribution in [-0.4, -0.2) is 11.7 Å². The number of hydrogen-bond acceptors (Lipinski definition) is 4. The van der Waals surface area contributed by atoms with Gasteiger partial charge in [-0.15, -0.1) is 0 Å². The SMILES string of the molecule is COc1ccc(CCn2c(=O)oc3ccc(N)cc32)cc1. The second-order valence-corrected chi connectivity index (χ2v) is 4.84. The first-order valence-corrected chi connectivity index (χ1v) is 6.69. The fourth-order valence-electron chi connectivity index (χ4n) is 2.32. The molecule has 5 heteroatoms.